The molecule has 1 heterocycles. The molecule has 1 spiro atoms. The molecular weight excluding hydrogens is 146 g/mol. The molecule has 0 aromatic carbocycles. The SMILES string of the molecule is NC(=S)N1CC2(CCC2)N1. The molecule has 0 amide bonds. The quantitative estimate of drug-likeness (QED) is 0.485. The molecule has 1 saturated carbocycles. The molecule has 3 nitrogen and oxygen atoms in total. The van der Waals surface area contributed by atoms with Crippen LogP contribution in [0, 0.1) is 0 Å². The Labute approximate surface area is 65.5 Å². The predicted molar refractivity (Wildman–Crippen MR) is 43.2 cm³/mol. The van der Waals surface area contributed by atoms with E-state index in [0.29, 0.717) is 10.7 Å². The number of nitrogens with one attached hydrogen (secondary N) is 1. The monoisotopic (exact) mass is 157 g/mol. The summed E-state index contributed by atoms with van der Waals surface area (Å²) in [6, 6.07) is 0. The predicted octanol–water partition coefficient (Wildman–Crippen LogP) is -0.0271. The van der Waals surface area contributed by atoms with Crippen LogP contribution in [0.5, 0.6) is 0 Å². The summed E-state index contributed by atoms with van der Waals surface area (Å²) in [6.07, 6.45) is 3.91. The first-order chi connectivity index (χ1) is 4.72. The number of rotatable bonds is 0. The Morgan fingerprint density at radius 1 is 1.60 bits per heavy atom. The molecule has 0 atom stereocenters. The zero-order valence-corrected chi connectivity index (χ0v) is 6.58. The molecule has 2 rings (SSSR count). The third-order valence-electron chi connectivity index (χ3n) is 2.41. The Bertz CT molecular complexity index is 168. The van der Waals surface area contributed by atoms with Crippen LogP contribution in [0.3, 0.4) is 0 Å². The van der Waals surface area contributed by atoms with E-state index in [1.165, 1.54) is 19.3 Å². The maximum Gasteiger partial charge on any atom is 0.180 e. The number of thiocarbonyl (C=S) groups is 1. The van der Waals surface area contributed by atoms with E-state index >= 15 is 0 Å². The van der Waals surface area contributed by atoms with Gasteiger partial charge in [0.2, 0.25) is 0 Å². The maximum atomic E-state index is 5.39. The minimum absolute atomic E-state index is 0.406. The van der Waals surface area contributed by atoms with Crippen molar-refractivity contribution in [3.8, 4) is 0 Å². The van der Waals surface area contributed by atoms with E-state index in [1.807, 2.05) is 5.01 Å². The highest BCUT2D eigenvalue weighted by Crippen LogP contribution is 2.37. The van der Waals surface area contributed by atoms with Crippen LogP contribution in [0.4, 0.5) is 0 Å². The van der Waals surface area contributed by atoms with Crippen molar-refractivity contribution >= 4 is 17.3 Å². The van der Waals surface area contributed by atoms with Crippen LogP contribution in [-0.2, 0) is 0 Å². The van der Waals surface area contributed by atoms with Crippen LogP contribution >= 0.6 is 12.2 Å². The Balaban J connectivity index is 1.88. The Kier molecular flexibility index (Phi) is 1.16. The smallest absolute Gasteiger partial charge is 0.180 e. The van der Waals surface area contributed by atoms with Crippen molar-refractivity contribution in [2.24, 2.45) is 5.73 Å². The van der Waals surface area contributed by atoms with E-state index < -0.39 is 0 Å². The van der Waals surface area contributed by atoms with Crippen molar-refractivity contribution in [1.29, 1.82) is 0 Å². The van der Waals surface area contributed by atoms with Crippen LogP contribution in [0.25, 0.3) is 0 Å². The van der Waals surface area contributed by atoms with E-state index in [0.717, 1.165) is 6.54 Å². The molecule has 0 aromatic rings. The lowest BCUT2D eigenvalue weighted by molar-refractivity contribution is -0.0264. The fraction of sp³-hybridized carbons (Fsp3) is 0.833. The van der Waals surface area contributed by atoms with Gasteiger partial charge in [-0.2, -0.15) is 0 Å². The van der Waals surface area contributed by atoms with Crippen molar-refractivity contribution in [3.05, 3.63) is 0 Å². The lowest BCUT2D eigenvalue weighted by atomic mass is 9.75. The second-order valence-corrected chi connectivity index (χ2v) is 3.59. The van der Waals surface area contributed by atoms with Crippen LogP contribution < -0.4 is 11.2 Å². The molecule has 1 aliphatic heterocycles. The average Bonchev–Trinajstić information content (AvgIpc) is 1.54. The Morgan fingerprint density at radius 2 is 2.20 bits per heavy atom. The first kappa shape index (κ1) is 6.37. The molecule has 0 radical (unpaired) electrons. The average molecular weight is 157 g/mol. The second-order valence-electron chi connectivity index (χ2n) is 3.17. The summed E-state index contributed by atoms with van der Waals surface area (Å²) in [5.41, 5.74) is 9.06. The van der Waals surface area contributed by atoms with Gasteiger partial charge in [0.1, 0.15) is 0 Å². The molecule has 1 saturated heterocycles. The van der Waals surface area contributed by atoms with Gasteiger partial charge in [-0.05, 0) is 31.5 Å². The van der Waals surface area contributed by atoms with Crippen LogP contribution in [0.2, 0.25) is 0 Å². The van der Waals surface area contributed by atoms with Crippen LogP contribution in [0.15, 0.2) is 0 Å². The van der Waals surface area contributed by atoms with Gasteiger partial charge in [-0.15, -0.1) is 0 Å². The molecule has 3 N–H and O–H groups in total. The topological polar surface area (TPSA) is 41.3 Å². The van der Waals surface area contributed by atoms with Gasteiger partial charge in [0.15, 0.2) is 5.11 Å². The Morgan fingerprint density at radius 3 is 2.50 bits per heavy atom. The van der Waals surface area contributed by atoms with Crippen molar-refractivity contribution < 1.29 is 0 Å². The molecule has 56 valence electrons. The number of nitrogens with zero attached hydrogens (tertiary/aromatic N) is 1. The van der Waals surface area contributed by atoms with E-state index in [9.17, 15) is 0 Å². The van der Waals surface area contributed by atoms with Gasteiger partial charge >= 0.3 is 0 Å². The molecule has 10 heavy (non-hydrogen) atoms. The highest BCUT2D eigenvalue weighted by Gasteiger charge is 2.47. The van der Waals surface area contributed by atoms with Crippen molar-refractivity contribution in [2.75, 3.05) is 6.54 Å². The first-order valence-electron chi connectivity index (χ1n) is 3.57. The third kappa shape index (κ3) is 0.722. The number of hydrogen-bond donors (Lipinski definition) is 2. The molecular formula is C6H11N3S. The lowest BCUT2D eigenvalue weighted by Gasteiger charge is -2.56. The zero-order valence-electron chi connectivity index (χ0n) is 5.76. The normalized spacial score (nSPS) is 27.4. The van der Waals surface area contributed by atoms with Gasteiger partial charge in [0.25, 0.3) is 0 Å². The fourth-order valence-corrected chi connectivity index (χ4v) is 1.69. The van der Waals surface area contributed by atoms with Crippen LogP contribution in [-0.4, -0.2) is 22.2 Å². The van der Waals surface area contributed by atoms with Crippen molar-refractivity contribution in [1.82, 2.24) is 10.4 Å². The highest BCUT2D eigenvalue weighted by molar-refractivity contribution is 7.80. The highest BCUT2D eigenvalue weighted by atomic mass is 32.1. The van der Waals surface area contributed by atoms with Gasteiger partial charge in [-0.3, -0.25) is 5.01 Å². The van der Waals surface area contributed by atoms with E-state index in [-0.39, 0.29) is 0 Å². The summed E-state index contributed by atoms with van der Waals surface area (Å²) >= 11 is 4.78. The minimum atomic E-state index is 0.406. The summed E-state index contributed by atoms with van der Waals surface area (Å²) in [6.45, 7) is 1.02. The van der Waals surface area contributed by atoms with Crippen molar-refractivity contribution in [2.45, 2.75) is 24.8 Å². The lowest BCUT2D eigenvalue weighted by Crippen LogP contribution is -2.76. The molecule has 2 fully saturated rings. The summed E-state index contributed by atoms with van der Waals surface area (Å²) in [5, 5.41) is 2.31. The van der Waals surface area contributed by atoms with E-state index in [4.69, 9.17) is 18.0 Å². The largest absolute Gasteiger partial charge is 0.375 e. The Hall–Kier alpha value is -0.350. The number of hydrogen-bond acceptors (Lipinski definition) is 2. The van der Waals surface area contributed by atoms with Gasteiger partial charge in [0, 0.05) is 0 Å². The standard InChI is InChI=1S/C6H11N3S/c7-5(10)9-4-6(8-9)2-1-3-6/h8H,1-4H2,(H2,7,10). The van der Waals surface area contributed by atoms with Gasteiger partial charge in [-0.1, -0.05) is 0 Å². The summed E-state index contributed by atoms with van der Waals surface area (Å²) in [5.74, 6) is 0. The molecule has 1 aliphatic carbocycles. The second kappa shape index (κ2) is 1.83. The summed E-state index contributed by atoms with van der Waals surface area (Å²) in [7, 11) is 0. The van der Waals surface area contributed by atoms with Gasteiger partial charge < -0.3 is 5.73 Å². The third-order valence-corrected chi connectivity index (χ3v) is 2.63. The summed E-state index contributed by atoms with van der Waals surface area (Å²) in [4.78, 5) is 0. The fourth-order valence-electron chi connectivity index (χ4n) is 1.58. The zero-order chi connectivity index (χ0) is 7.19. The minimum Gasteiger partial charge on any atom is -0.375 e. The first-order valence-corrected chi connectivity index (χ1v) is 3.98. The molecule has 4 heteroatoms. The molecule has 2 aliphatic rings. The molecule has 0 bridgehead atoms. The van der Waals surface area contributed by atoms with E-state index in [1.54, 1.807) is 0 Å². The van der Waals surface area contributed by atoms with Gasteiger partial charge in [0.05, 0.1) is 12.1 Å². The maximum absolute atomic E-state index is 5.39. The molecule has 0 aromatic heterocycles. The van der Waals surface area contributed by atoms with Crippen LogP contribution in [0.1, 0.15) is 19.3 Å². The number of nitrogens with two attached hydrogens (primary N) is 1. The molecule has 0 unspecified atom stereocenters. The van der Waals surface area contributed by atoms with Crippen molar-refractivity contribution in [3.63, 3.8) is 0 Å². The van der Waals surface area contributed by atoms with Gasteiger partial charge in [-0.25, -0.2) is 5.43 Å². The summed E-state index contributed by atoms with van der Waals surface area (Å²) < 4.78 is 0. The van der Waals surface area contributed by atoms with E-state index in [2.05, 4.69) is 5.43 Å². The number of hydrazine groups is 1.